The molecule has 0 fully saturated rings. The summed E-state index contributed by atoms with van der Waals surface area (Å²) in [6.07, 6.45) is 1.91. The number of aromatic nitrogens is 1. The molecule has 2 aromatic heterocycles. The second kappa shape index (κ2) is 6.31. The van der Waals surface area contributed by atoms with Gasteiger partial charge in [-0.05, 0) is 58.0 Å². The topological polar surface area (TPSA) is 26.0 Å². The quantitative estimate of drug-likeness (QED) is 0.298. The molecule has 152 valence electrons. The van der Waals surface area contributed by atoms with E-state index in [1.54, 1.807) is 0 Å². The summed E-state index contributed by atoms with van der Waals surface area (Å²) in [4.78, 5) is 4.68. The van der Waals surface area contributed by atoms with Crippen molar-refractivity contribution in [1.82, 2.24) is 4.98 Å². The Labute approximate surface area is 182 Å². The molecule has 0 bridgehead atoms. The van der Waals surface area contributed by atoms with Gasteiger partial charge in [0.25, 0.3) is 0 Å². The number of rotatable bonds is 2. The Morgan fingerprint density at radius 3 is 2.48 bits per heavy atom. The van der Waals surface area contributed by atoms with Gasteiger partial charge in [0.1, 0.15) is 11.2 Å². The molecule has 0 unspecified atom stereocenters. The molecule has 6 rings (SSSR count). The molecular weight excluding hydrogens is 378 g/mol. The first-order valence-corrected chi connectivity index (χ1v) is 11.0. The fraction of sp³-hybridized carbons (Fsp3) is 0.207. The molecule has 0 radical (unpaired) electrons. The fourth-order valence-corrected chi connectivity index (χ4v) is 5.24. The van der Waals surface area contributed by atoms with E-state index in [9.17, 15) is 0 Å². The highest BCUT2D eigenvalue weighted by molar-refractivity contribution is 6.17. The summed E-state index contributed by atoms with van der Waals surface area (Å²) in [6.45, 7) is 9.06. The summed E-state index contributed by atoms with van der Waals surface area (Å²) in [5.74, 6) is 0.457. The van der Waals surface area contributed by atoms with Gasteiger partial charge in [0.15, 0.2) is 0 Å². The number of nitrogens with zero attached hydrogens (tertiary/aromatic N) is 1. The van der Waals surface area contributed by atoms with Crippen molar-refractivity contribution < 1.29 is 4.42 Å². The summed E-state index contributed by atoms with van der Waals surface area (Å²) in [5.41, 5.74) is 10.5. The maximum absolute atomic E-state index is 6.51. The largest absolute Gasteiger partial charge is 0.455 e. The zero-order valence-corrected chi connectivity index (χ0v) is 18.4. The average Bonchev–Trinajstić information content (AvgIpc) is 3.27. The van der Waals surface area contributed by atoms with Gasteiger partial charge in [-0.15, -0.1) is 0 Å². The zero-order valence-electron chi connectivity index (χ0n) is 18.4. The lowest BCUT2D eigenvalue weighted by Crippen LogP contribution is -2.14. The monoisotopic (exact) mass is 403 g/mol. The Hall–Kier alpha value is -3.39. The molecule has 0 spiro atoms. The number of benzene rings is 3. The maximum atomic E-state index is 6.51. The Kier molecular flexibility index (Phi) is 3.74. The number of fused-ring (bicyclic) bond motifs is 7. The molecule has 2 heteroatoms. The SMILES string of the molecule is CC(C)c1ccnc(-c2cccc3c2oc2ccc4c(c23)-c2ccccc2C4(C)C)c1. The van der Waals surface area contributed by atoms with Gasteiger partial charge in [-0.2, -0.15) is 0 Å². The van der Waals surface area contributed by atoms with Crippen LogP contribution in [0.3, 0.4) is 0 Å². The van der Waals surface area contributed by atoms with Crippen molar-refractivity contribution in [1.29, 1.82) is 0 Å². The van der Waals surface area contributed by atoms with Crippen LogP contribution in [0.2, 0.25) is 0 Å². The first-order valence-electron chi connectivity index (χ1n) is 11.0. The van der Waals surface area contributed by atoms with Crippen molar-refractivity contribution in [3.8, 4) is 22.4 Å². The highest BCUT2D eigenvalue weighted by Crippen LogP contribution is 2.53. The number of hydrogen-bond donors (Lipinski definition) is 0. The van der Waals surface area contributed by atoms with Crippen molar-refractivity contribution in [3.63, 3.8) is 0 Å². The number of furan rings is 1. The predicted octanol–water partition coefficient (Wildman–Crippen LogP) is 8.08. The minimum atomic E-state index is -0.0194. The van der Waals surface area contributed by atoms with E-state index in [2.05, 4.69) is 99.4 Å². The minimum absolute atomic E-state index is 0.0194. The lowest BCUT2D eigenvalue weighted by molar-refractivity contribution is 0.657. The molecule has 2 heterocycles. The molecule has 0 atom stereocenters. The molecule has 0 amide bonds. The molecule has 0 saturated carbocycles. The first kappa shape index (κ1) is 18.4. The fourth-order valence-electron chi connectivity index (χ4n) is 5.24. The van der Waals surface area contributed by atoms with Crippen molar-refractivity contribution in [2.75, 3.05) is 0 Å². The van der Waals surface area contributed by atoms with Crippen LogP contribution in [0.1, 0.15) is 50.3 Å². The van der Waals surface area contributed by atoms with Gasteiger partial charge in [0.05, 0.1) is 5.69 Å². The Morgan fingerprint density at radius 2 is 1.65 bits per heavy atom. The van der Waals surface area contributed by atoms with Crippen LogP contribution in [0.4, 0.5) is 0 Å². The molecule has 0 saturated heterocycles. The van der Waals surface area contributed by atoms with Crippen LogP contribution >= 0.6 is 0 Å². The molecule has 5 aromatic rings. The molecule has 31 heavy (non-hydrogen) atoms. The van der Waals surface area contributed by atoms with Crippen LogP contribution < -0.4 is 0 Å². The van der Waals surface area contributed by atoms with E-state index in [0.717, 1.165) is 27.8 Å². The first-order chi connectivity index (χ1) is 15.0. The van der Waals surface area contributed by atoms with E-state index < -0.39 is 0 Å². The van der Waals surface area contributed by atoms with Gasteiger partial charge in [0, 0.05) is 27.9 Å². The smallest absolute Gasteiger partial charge is 0.144 e. The second-order valence-electron chi connectivity index (χ2n) is 9.45. The molecule has 1 aliphatic rings. The highest BCUT2D eigenvalue weighted by Gasteiger charge is 2.37. The minimum Gasteiger partial charge on any atom is -0.455 e. The van der Waals surface area contributed by atoms with E-state index in [1.807, 2.05) is 6.20 Å². The Bertz CT molecular complexity index is 1490. The third-order valence-electron chi connectivity index (χ3n) is 6.93. The van der Waals surface area contributed by atoms with Gasteiger partial charge < -0.3 is 4.42 Å². The van der Waals surface area contributed by atoms with E-state index in [-0.39, 0.29) is 5.41 Å². The van der Waals surface area contributed by atoms with Crippen LogP contribution in [-0.4, -0.2) is 4.98 Å². The average molecular weight is 404 g/mol. The van der Waals surface area contributed by atoms with Gasteiger partial charge in [-0.25, -0.2) is 0 Å². The summed E-state index contributed by atoms with van der Waals surface area (Å²) in [5, 5.41) is 2.38. The summed E-state index contributed by atoms with van der Waals surface area (Å²) in [6, 6.07) is 23.9. The molecule has 1 aliphatic carbocycles. The normalized spacial score (nSPS) is 14.4. The van der Waals surface area contributed by atoms with E-state index in [0.29, 0.717) is 5.92 Å². The number of pyridine rings is 1. The third kappa shape index (κ3) is 2.48. The van der Waals surface area contributed by atoms with Crippen molar-refractivity contribution in [2.24, 2.45) is 0 Å². The third-order valence-corrected chi connectivity index (χ3v) is 6.93. The summed E-state index contributed by atoms with van der Waals surface area (Å²) in [7, 11) is 0. The summed E-state index contributed by atoms with van der Waals surface area (Å²) >= 11 is 0. The van der Waals surface area contributed by atoms with Crippen molar-refractivity contribution >= 4 is 21.9 Å². The number of para-hydroxylation sites is 1. The van der Waals surface area contributed by atoms with Crippen LogP contribution in [0.5, 0.6) is 0 Å². The number of hydrogen-bond acceptors (Lipinski definition) is 2. The van der Waals surface area contributed by atoms with Crippen LogP contribution in [0.25, 0.3) is 44.3 Å². The molecular formula is C29H25NO. The molecule has 0 aliphatic heterocycles. The highest BCUT2D eigenvalue weighted by atomic mass is 16.3. The lowest BCUT2D eigenvalue weighted by atomic mass is 9.82. The van der Waals surface area contributed by atoms with Crippen LogP contribution in [0, 0.1) is 0 Å². The standard InChI is InChI=1S/C29H25NO/c1-17(2)18-14-15-30-24(16-18)20-9-7-10-21-27-25(31-28(20)21)13-12-23-26(27)19-8-5-6-11-22(19)29(23,3)4/h5-17H,1-4H3. The van der Waals surface area contributed by atoms with Crippen molar-refractivity contribution in [3.05, 3.63) is 89.6 Å². The molecule has 3 aromatic carbocycles. The maximum Gasteiger partial charge on any atom is 0.144 e. The lowest BCUT2D eigenvalue weighted by Gasteiger charge is -2.21. The van der Waals surface area contributed by atoms with Gasteiger partial charge in [-0.3, -0.25) is 4.98 Å². The predicted molar refractivity (Wildman–Crippen MR) is 129 cm³/mol. The van der Waals surface area contributed by atoms with Gasteiger partial charge in [0.2, 0.25) is 0 Å². The summed E-state index contributed by atoms with van der Waals surface area (Å²) < 4.78 is 6.51. The van der Waals surface area contributed by atoms with Gasteiger partial charge in [-0.1, -0.05) is 70.2 Å². The Balaban J connectivity index is 1.69. The van der Waals surface area contributed by atoms with E-state index >= 15 is 0 Å². The van der Waals surface area contributed by atoms with E-state index in [1.165, 1.54) is 33.2 Å². The molecule has 0 N–H and O–H groups in total. The molecule has 2 nitrogen and oxygen atoms in total. The van der Waals surface area contributed by atoms with Gasteiger partial charge >= 0.3 is 0 Å². The zero-order chi connectivity index (χ0) is 21.3. The van der Waals surface area contributed by atoms with Crippen LogP contribution in [0.15, 0.2) is 77.3 Å². The second-order valence-corrected chi connectivity index (χ2v) is 9.45. The van der Waals surface area contributed by atoms with Crippen molar-refractivity contribution in [2.45, 2.75) is 39.0 Å². The Morgan fingerprint density at radius 1 is 0.839 bits per heavy atom. The van der Waals surface area contributed by atoms with E-state index in [4.69, 9.17) is 4.42 Å². The van der Waals surface area contributed by atoms with Crippen LogP contribution in [-0.2, 0) is 5.41 Å².